The Morgan fingerprint density at radius 3 is 2.12 bits per heavy atom. The summed E-state index contributed by atoms with van der Waals surface area (Å²) in [6.07, 6.45) is -0.163. The van der Waals surface area contributed by atoms with E-state index in [4.69, 9.17) is 18.6 Å². The highest BCUT2D eigenvalue weighted by atomic mass is 32.2. The van der Waals surface area contributed by atoms with Crippen molar-refractivity contribution in [1.29, 1.82) is 0 Å². The number of fused-ring (bicyclic) bond motifs is 5. The highest BCUT2D eigenvalue weighted by Crippen LogP contribution is 2.44. The van der Waals surface area contributed by atoms with E-state index in [0.29, 0.717) is 28.3 Å². The maximum absolute atomic E-state index is 13.2. The van der Waals surface area contributed by atoms with E-state index in [1.807, 2.05) is 13.8 Å². The molecule has 0 N–H and O–H groups in total. The Hall–Kier alpha value is -3.47. The van der Waals surface area contributed by atoms with Crippen LogP contribution in [-0.4, -0.2) is 34.2 Å². The number of benzene rings is 3. The van der Waals surface area contributed by atoms with Crippen molar-refractivity contribution < 1.29 is 40.2 Å². The van der Waals surface area contributed by atoms with Gasteiger partial charge < -0.3 is 18.6 Å². The second kappa shape index (κ2) is 8.08. The molecule has 0 aliphatic rings. The number of hydrogen-bond donors (Lipinski definition) is 0. The van der Waals surface area contributed by atoms with Crippen molar-refractivity contribution in [3.63, 3.8) is 0 Å². The van der Waals surface area contributed by atoms with E-state index in [1.165, 1.54) is 13.2 Å². The molecule has 0 radical (unpaired) electrons. The van der Waals surface area contributed by atoms with Gasteiger partial charge in [-0.2, -0.15) is 13.2 Å². The van der Waals surface area contributed by atoms with Gasteiger partial charge in [0, 0.05) is 16.2 Å². The lowest BCUT2D eigenvalue weighted by atomic mass is 10.0. The molecular formula is C23H19F3O7S. The predicted molar refractivity (Wildman–Crippen MR) is 120 cm³/mol. The van der Waals surface area contributed by atoms with E-state index < -0.39 is 25.9 Å². The van der Waals surface area contributed by atoms with Crippen LogP contribution < -0.4 is 19.8 Å². The Bertz CT molecular complexity index is 1600. The van der Waals surface area contributed by atoms with Crippen LogP contribution in [0, 0.1) is 0 Å². The number of methoxy groups -OCH3 is 2. The fourth-order valence-corrected chi connectivity index (χ4v) is 4.63. The van der Waals surface area contributed by atoms with Crippen LogP contribution in [0.2, 0.25) is 0 Å². The smallest absolute Gasteiger partial charge is 0.496 e. The topological polar surface area (TPSA) is 92.0 Å². The molecule has 0 aliphatic heterocycles. The Labute approximate surface area is 191 Å². The number of ether oxygens (including phenoxy) is 3. The van der Waals surface area contributed by atoms with Crippen LogP contribution in [-0.2, 0) is 9.84 Å². The molecule has 7 nitrogen and oxygen atoms in total. The number of halogens is 3. The van der Waals surface area contributed by atoms with Gasteiger partial charge in [-0.15, -0.1) is 0 Å². The lowest BCUT2D eigenvalue weighted by molar-refractivity contribution is -0.0436. The van der Waals surface area contributed by atoms with Gasteiger partial charge in [0.1, 0.15) is 22.8 Å². The average Bonchev–Trinajstić information content (AvgIpc) is 2.77. The maximum atomic E-state index is 13.2. The summed E-state index contributed by atoms with van der Waals surface area (Å²) in [6.45, 7) is 3.69. The first-order valence-electron chi connectivity index (χ1n) is 9.97. The van der Waals surface area contributed by atoms with Crippen LogP contribution in [0.25, 0.3) is 32.5 Å². The van der Waals surface area contributed by atoms with E-state index in [0.717, 1.165) is 13.2 Å². The molecule has 180 valence electrons. The molecule has 4 aromatic rings. The van der Waals surface area contributed by atoms with Gasteiger partial charge in [-0.05, 0) is 38.1 Å². The Morgan fingerprint density at radius 2 is 1.53 bits per heavy atom. The third-order valence-corrected chi connectivity index (χ3v) is 6.68. The zero-order chi connectivity index (χ0) is 25.0. The SMILES string of the molecule is COc1cc2c(oc(=O)c3cc(S(=O)(=O)C(F)(F)F)cc(OC)c32)c2cccc(OC(C)C)c12. The number of sulfone groups is 1. The normalized spacial score (nSPS) is 12.6. The van der Waals surface area contributed by atoms with E-state index in [-0.39, 0.29) is 33.6 Å². The van der Waals surface area contributed by atoms with Gasteiger partial charge in [-0.3, -0.25) is 0 Å². The first kappa shape index (κ1) is 23.7. The van der Waals surface area contributed by atoms with Crippen LogP contribution in [0.4, 0.5) is 13.2 Å². The summed E-state index contributed by atoms with van der Waals surface area (Å²) in [6, 6.07) is 8.01. The van der Waals surface area contributed by atoms with E-state index in [1.54, 1.807) is 18.2 Å². The Balaban J connectivity index is 2.20. The molecule has 4 rings (SSSR count). The molecule has 34 heavy (non-hydrogen) atoms. The van der Waals surface area contributed by atoms with E-state index in [9.17, 15) is 26.4 Å². The fourth-order valence-electron chi connectivity index (χ4n) is 3.82. The zero-order valence-corrected chi connectivity index (χ0v) is 19.3. The van der Waals surface area contributed by atoms with Gasteiger partial charge in [0.05, 0.1) is 36.0 Å². The van der Waals surface area contributed by atoms with Crippen LogP contribution in [0.1, 0.15) is 13.8 Å². The fraction of sp³-hybridized carbons (Fsp3) is 0.261. The van der Waals surface area contributed by atoms with Crippen molar-refractivity contribution >= 4 is 42.4 Å². The molecule has 1 heterocycles. The van der Waals surface area contributed by atoms with Crippen molar-refractivity contribution in [2.75, 3.05) is 14.2 Å². The first-order valence-corrected chi connectivity index (χ1v) is 11.4. The van der Waals surface area contributed by atoms with Gasteiger partial charge in [-0.1, -0.05) is 12.1 Å². The van der Waals surface area contributed by atoms with Gasteiger partial charge >= 0.3 is 11.1 Å². The lowest BCUT2D eigenvalue weighted by Crippen LogP contribution is -2.23. The van der Waals surface area contributed by atoms with Gasteiger partial charge in [0.2, 0.25) is 0 Å². The average molecular weight is 496 g/mol. The van der Waals surface area contributed by atoms with Crippen LogP contribution in [0.3, 0.4) is 0 Å². The molecule has 0 unspecified atom stereocenters. The second-order valence-corrected chi connectivity index (χ2v) is 9.63. The quantitative estimate of drug-likeness (QED) is 0.277. The molecule has 3 aromatic carbocycles. The third-order valence-electron chi connectivity index (χ3n) is 5.21. The summed E-state index contributed by atoms with van der Waals surface area (Å²) in [4.78, 5) is 11.8. The highest BCUT2D eigenvalue weighted by molar-refractivity contribution is 7.92. The molecule has 1 aromatic heterocycles. The standard InChI is InChI=1S/C23H19F3O7S/c1-11(2)32-16-7-5-6-13-20(16)18(31-4)10-14-19-15(22(27)33-21(13)14)8-12(9-17(19)30-3)34(28,29)23(24,25)26/h5-11H,1-4H3. The monoisotopic (exact) mass is 496 g/mol. The van der Waals surface area contributed by atoms with Crippen LogP contribution in [0.5, 0.6) is 17.2 Å². The van der Waals surface area contributed by atoms with Crippen molar-refractivity contribution in [3.8, 4) is 17.2 Å². The minimum atomic E-state index is -5.74. The number of hydrogen-bond acceptors (Lipinski definition) is 7. The van der Waals surface area contributed by atoms with Gasteiger partial charge in [-0.25, -0.2) is 13.2 Å². The number of rotatable bonds is 5. The van der Waals surface area contributed by atoms with E-state index >= 15 is 0 Å². The Kier molecular flexibility index (Phi) is 5.63. The van der Waals surface area contributed by atoms with Crippen molar-refractivity contribution in [2.24, 2.45) is 0 Å². The molecule has 11 heteroatoms. The summed E-state index contributed by atoms with van der Waals surface area (Å²) < 4.78 is 85.6. The Morgan fingerprint density at radius 1 is 0.882 bits per heavy atom. The van der Waals surface area contributed by atoms with Crippen LogP contribution in [0.15, 0.2) is 50.5 Å². The summed E-state index contributed by atoms with van der Waals surface area (Å²) in [5, 5.41) is 0.980. The summed E-state index contributed by atoms with van der Waals surface area (Å²) in [7, 11) is -3.15. The first-order chi connectivity index (χ1) is 15.9. The predicted octanol–water partition coefficient (Wildman–Crippen LogP) is 5.20. The molecule has 0 aliphatic carbocycles. The van der Waals surface area contributed by atoms with Gasteiger partial charge in [0.25, 0.3) is 9.84 Å². The zero-order valence-electron chi connectivity index (χ0n) is 18.4. The third kappa shape index (κ3) is 3.60. The van der Waals surface area contributed by atoms with Crippen molar-refractivity contribution in [2.45, 2.75) is 30.4 Å². The number of alkyl halides is 3. The molecule has 0 spiro atoms. The summed E-state index contributed by atoms with van der Waals surface area (Å²) in [5.74, 6) is 0.588. The largest absolute Gasteiger partial charge is 0.501 e. The molecular weight excluding hydrogens is 477 g/mol. The highest BCUT2D eigenvalue weighted by Gasteiger charge is 2.47. The molecule has 0 saturated carbocycles. The maximum Gasteiger partial charge on any atom is 0.501 e. The summed E-state index contributed by atoms with van der Waals surface area (Å²) >= 11 is 0. The second-order valence-electron chi connectivity index (χ2n) is 7.69. The molecule has 0 amide bonds. The van der Waals surface area contributed by atoms with Gasteiger partial charge in [0.15, 0.2) is 0 Å². The van der Waals surface area contributed by atoms with Crippen LogP contribution >= 0.6 is 0 Å². The molecule has 0 fully saturated rings. The van der Waals surface area contributed by atoms with E-state index in [2.05, 4.69) is 0 Å². The molecule has 0 atom stereocenters. The molecule has 0 bridgehead atoms. The minimum absolute atomic E-state index is 0.0882. The lowest BCUT2D eigenvalue weighted by Gasteiger charge is -2.17. The minimum Gasteiger partial charge on any atom is -0.496 e. The molecule has 0 saturated heterocycles. The summed E-state index contributed by atoms with van der Waals surface area (Å²) in [5.41, 5.74) is -6.47. The van der Waals surface area contributed by atoms with Crippen molar-refractivity contribution in [1.82, 2.24) is 0 Å². The van der Waals surface area contributed by atoms with Crippen molar-refractivity contribution in [3.05, 3.63) is 46.8 Å².